The van der Waals surface area contributed by atoms with Gasteiger partial charge in [0.05, 0.1) is 36.1 Å². The Bertz CT molecular complexity index is 905. The van der Waals surface area contributed by atoms with E-state index in [0.29, 0.717) is 19.6 Å². The first-order valence-corrected chi connectivity index (χ1v) is 9.71. The minimum absolute atomic E-state index is 0.0973. The summed E-state index contributed by atoms with van der Waals surface area (Å²) in [4.78, 5) is 24.6. The number of thiazole rings is 1. The van der Waals surface area contributed by atoms with Gasteiger partial charge in [-0.2, -0.15) is 0 Å². The summed E-state index contributed by atoms with van der Waals surface area (Å²) in [7, 11) is 0. The lowest BCUT2D eigenvalue weighted by Crippen LogP contribution is -2.46. The van der Waals surface area contributed by atoms with Crippen LogP contribution in [0.5, 0.6) is 0 Å². The van der Waals surface area contributed by atoms with Crippen molar-refractivity contribution in [1.82, 2.24) is 14.9 Å². The maximum absolute atomic E-state index is 12.7. The number of morpholine rings is 1. The Morgan fingerprint density at radius 2 is 2.08 bits per heavy atom. The third-order valence-electron chi connectivity index (χ3n) is 4.91. The molecule has 0 spiro atoms. The van der Waals surface area contributed by atoms with Gasteiger partial charge in [-0.1, -0.05) is 12.1 Å². The van der Waals surface area contributed by atoms with Gasteiger partial charge in [0.25, 0.3) is 0 Å². The smallest absolute Gasteiger partial charge is 0.155 e. The van der Waals surface area contributed by atoms with Crippen LogP contribution in [0.2, 0.25) is 0 Å². The van der Waals surface area contributed by atoms with Crippen LogP contribution >= 0.6 is 11.3 Å². The number of ether oxygens (including phenoxy) is 1. The summed E-state index contributed by atoms with van der Waals surface area (Å²) in [5, 5.41) is 2.18. The average molecular weight is 367 g/mol. The molecule has 1 aliphatic rings. The third-order valence-corrected chi connectivity index (χ3v) is 5.73. The number of nitrogens with zero attached hydrogens (tertiary/aromatic N) is 3. The van der Waals surface area contributed by atoms with Crippen molar-refractivity contribution in [3.05, 3.63) is 47.9 Å². The molecule has 0 amide bonds. The molecule has 3 aromatic rings. The summed E-state index contributed by atoms with van der Waals surface area (Å²) < 4.78 is 5.37. The van der Waals surface area contributed by atoms with Crippen molar-refractivity contribution in [3.63, 3.8) is 0 Å². The highest BCUT2D eigenvalue weighted by molar-refractivity contribution is 7.13. The third kappa shape index (κ3) is 3.67. The Morgan fingerprint density at radius 1 is 1.23 bits per heavy atom. The zero-order valence-electron chi connectivity index (χ0n) is 14.7. The second-order valence-electron chi connectivity index (χ2n) is 6.57. The number of ketones is 1. The van der Waals surface area contributed by atoms with Crippen LogP contribution in [0.4, 0.5) is 0 Å². The molecule has 1 fully saturated rings. The Kier molecular flexibility index (Phi) is 5.06. The van der Waals surface area contributed by atoms with Crippen molar-refractivity contribution >= 4 is 27.9 Å². The van der Waals surface area contributed by atoms with Crippen molar-refractivity contribution in [1.29, 1.82) is 0 Å². The van der Waals surface area contributed by atoms with Crippen LogP contribution in [0.3, 0.4) is 0 Å². The molecule has 1 aromatic carbocycles. The molecule has 4 rings (SSSR count). The van der Waals surface area contributed by atoms with E-state index >= 15 is 0 Å². The van der Waals surface area contributed by atoms with E-state index in [2.05, 4.69) is 33.1 Å². The fourth-order valence-corrected chi connectivity index (χ4v) is 3.91. The molecule has 3 heterocycles. The number of hydrogen-bond donors (Lipinski definition) is 0. The Morgan fingerprint density at radius 3 is 2.85 bits per heavy atom. The maximum Gasteiger partial charge on any atom is 0.155 e. The lowest BCUT2D eigenvalue weighted by atomic mass is 10.0. The Labute approximate surface area is 156 Å². The fraction of sp³-hybridized carbons (Fsp3) is 0.350. The number of carbonyl (C=O) groups excluding carboxylic acids is 1. The molecule has 0 aliphatic carbocycles. The van der Waals surface area contributed by atoms with E-state index in [9.17, 15) is 4.79 Å². The molecule has 0 bridgehead atoms. The van der Waals surface area contributed by atoms with Crippen molar-refractivity contribution in [2.45, 2.75) is 19.4 Å². The topological polar surface area (TPSA) is 55.3 Å². The summed E-state index contributed by atoms with van der Waals surface area (Å²) in [6, 6.07) is 8.23. The highest BCUT2D eigenvalue weighted by atomic mass is 32.1. The van der Waals surface area contributed by atoms with E-state index in [0.717, 1.165) is 40.0 Å². The zero-order valence-corrected chi connectivity index (χ0v) is 15.5. The molecule has 0 N–H and O–H groups in total. The molecule has 0 unspecified atom stereocenters. The monoisotopic (exact) mass is 367 g/mol. The van der Waals surface area contributed by atoms with E-state index < -0.39 is 0 Å². The van der Waals surface area contributed by atoms with Gasteiger partial charge in [-0.15, -0.1) is 11.3 Å². The number of benzene rings is 1. The van der Waals surface area contributed by atoms with Gasteiger partial charge in [-0.25, -0.2) is 0 Å². The number of carbonyl (C=O) groups is 1. The number of hydrogen-bond acceptors (Lipinski definition) is 6. The molecular weight excluding hydrogens is 346 g/mol. The lowest BCUT2D eigenvalue weighted by Gasteiger charge is -2.31. The fourth-order valence-electron chi connectivity index (χ4n) is 3.29. The van der Waals surface area contributed by atoms with Gasteiger partial charge in [0, 0.05) is 36.6 Å². The highest BCUT2D eigenvalue weighted by Gasteiger charge is 2.23. The quantitative estimate of drug-likeness (QED) is 0.693. The number of aromatic nitrogens is 2. The second kappa shape index (κ2) is 7.61. The number of Topliss-reactive ketones (excluding diaryl/α,β-unsaturated/α-hetero) is 1. The lowest BCUT2D eigenvalue weighted by molar-refractivity contribution is -0.124. The number of rotatable bonds is 5. The van der Waals surface area contributed by atoms with E-state index in [1.54, 1.807) is 11.3 Å². The van der Waals surface area contributed by atoms with Crippen LogP contribution in [0.15, 0.2) is 42.2 Å². The predicted molar refractivity (Wildman–Crippen MR) is 103 cm³/mol. The molecule has 6 heteroatoms. The minimum Gasteiger partial charge on any atom is -0.379 e. The molecule has 1 atom stereocenters. The summed E-state index contributed by atoms with van der Waals surface area (Å²) in [6.07, 6.45) is 4.09. The van der Waals surface area contributed by atoms with Crippen LogP contribution in [0.1, 0.15) is 12.6 Å². The van der Waals surface area contributed by atoms with Gasteiger partial charge in [0.2, 0.25) is 0 Å². The van der Waals surface area contributed by atoms with Crippen molar-refractivity contribution in [3.8, 4) is 10.4 Å². The highest BCUT2D eigenvalue weighted by Crippen LogP contribution is 2.27. The van der Waals surface area contributed by atoms with Crippen LogP contribution in [-0.4, -0.2) is 53.0 Å². The first kappa shape index (κ1) is 17.3. The molecule has 134 valence electrons. The molecular formula is C20H21N3O2S. The summed E-state index contributed by atoms with van der Waals surface area (Å²) >= 11 is 1.62. The van der Waals surface area contributed by atoms with Crippen LogP contribution in [0.25, 0.3) is 21.2 Å². The first-order valence-electron chi connectivity index (χ1n) is 8.83. The van der Waals surface area contributed by atoms with E-state index in [-0.39, 0.29) is 11.8 Å². The SMILES string of the molecule is C[C@@H](C(=O)Cc1cc2cc(-c3cncs3)ccc2cn1)N1CCOCC1. The zero-order chi connectivity index (χ0) is 17.9. The molecule has 1 aliphatic heterocycles. The van der Waals surface area contributed by atoms with Gasteiger partial charge >= 0.3 is 0 Å². The van der Waals surface area contributed by atoms with Gasteiger partial charge < -0.3 is 4.74 Å². The Hall–Kier alpha value is -2.15. The first-order chi connectivity index (χ1) is 12.7. The van der Waals surface area contributed by atoms with Gasteiger partial charge in [0.15, 0.2) is 5.78 Å². The standard InChI is InChI=1S/C20H21N3O2S/c1-14(23-4-6-25-7-5-23)19(24)10-18-9-17-8-15(20-12-21-13-26-20)2-3-16(17)11-22-18/h2-3,8-9,11-14H,4-7,10H2,1H3/t14-/m0/s1. The molecule has 1 saturated heterocycles. The van der Waals surface area contributed by atoms with Crippen LogP contribution in [0, 0.1) is 0 Å². The summed E-state index contributed by atoms with van der Waals surface area (Å²) in [5.74, 6) is 0.206. The molecule has 0 saturated carbocycles. The molecule has 2 aromatic heterocycles. The van der Waals surface area contributed by atoms with Crippen molar-refractivity contribution in [2.75, 3.05) is 26.3 Å². The maximum atomic E-state index is 12.7. The van der Waals surface area contributed by atoms with Crippen molar-refractivity contribution in [2.24, 2.45) is 0 Å². The second-order valence-corrected chi connectivity index (χ2v) is 7.46. The minimum atomic E-state index is -0.0973. The largest absolute Gasteiger partial charge is 0.379 e. The number of fused-ring (bicyclic) bond motifs is 1. The summed E-state index contributed by atoms with van der Waals surface area (Å²) in [5.41, 5.74) is 3.80. The molecule has 5 nitrogen and oxygen atoms in total. The van der Waals surface area contributed by atoms with E-state index in [1.807, 2.05) is 30.9 Å². The number of pyridine rings is 1. The molecule has 26 heavy (non-hydrogen) atoms. The van der Waals surface area contributed by atoms with Gasteiger partial charge in [0.1, 0.15) is 0 Å². The van der Waals surface area contributed by atoms with E-state index in [1.165, 1.54) is 0 Å². The predicted octanol–water partition coefficient (Wildman–Crippen LogP) is 3.19. The van der Waals surface area contributed by atoms with Crippen LogP contribution in [-0.2, 0) is 16.0 Å². The van der Waals surface area contributed by atoms with E-state index in [4.69, 9.17) is 4.74 Å². The Balaban J connectivity index is 1.53. The van der Waals surface area contributed by atoms with Crippen LogP contribution < -0.4 is 0 Å². The normalized spacial score (nSPS) is 16.7. The average Bonchev–Trinajstić information content (AvgIpc) is 3.22. The molecule has 0 radical (unpaired) electrons. The van der Waals surface area contributed by atoms with Gasteiger partial charge in [-0.3, -0.25) is 19.7 Å². The van der Waals surface area contributed by atoms with Crippen molar-refractivity contribution < 1.29 is 9.53 Å². The van der Waals surface area contributed by atoms with Gasteiger partial charge in [-0.05, 0) is 30.0 Å². The summed E-state index contributed by atoms with van der Waals surface area (Å²) in [6.45, 7) is 5.02.